The van der Waals surface area contributed by atoms with Crippen LogP contribution in [0.1, 0.15) is 46.6 Å². The maximum absolute atomic E-state index is 4.60. The Morgan fingerprint density at radius 1 is 1.39 bits per heavy atom. The molecule has 0 saturated heterocycles. The van der Waals surface area contributed by atoms with E-state index in [2.05, 4.69) is 39.9 Å². The molecular weight excluding hydrogens is 240 g/mol. The van der Waals surface area contributed by atoms with Crippen LogP contribution in [-0.2, 0) is 0 Å². The van der Waals surface area contributed by atoms with Crippen molar-refractivity contribution < 1.29 is 0 Å². The standard InChI is InChI=1S/C15H18N2S/c1-10-9-18-15(17-10)14(16-2)13-5-3-4-12(8-13)11-6-7-11/h3-5,8-9,11,14,16H,6-7H2,1-2H3. The van der Waals surface area contributed by atoms with E-state index >= 15 is 0 Å². The monoisotopic (exact) mass is 258 g/mol. The first-order valence-electron chi connectivity index (χ1n) is 6.47. The van der Waals surface area contributed by atoms with Crippen molar-refractivity contribution in [2.24, 2.45) is 0 Å². The summed E-state index contributed by atoms with van der Waals surface area (Å²) >= 11 is 1.73. The van der Waals surface area contributed by atoms with E-state index in [4.69, 9.17) is 0 Å². The average Bonchev–Trinajstić information content (AvgIpc) is 3.15. The van der Waals surface area contributed by atoms with E-state index in [9.17, 15) is 0 Å². The van der Waals surface area contributed by atoms with Gasteiger partial charge in [0.25, 0.3) is 0 Å². The van der Waals surface area contributed by atoms with E-state index < -0.39 is 0 Å². The van der Waals surface area contributed by atoms with Gasteiger partial charge in [0.15, 0.2) is 0 Å². The highest BCUT2D eigenvalue weighted by Crippen LogP contribution is 2.41. The SMILES string of the molecule is CNC(c1cccc(C2CC2)c1)c1nc(C)cs1. The molecule has 1 aliphatic rings. The molecule has 2 nitrogen and oxygen atoms in total. The minimum absolute atomic E-state index is 0.224. The number of nitrogens with zero attached hydrogens (tertiary/aromatic N) is 1. The van der Waals surface area contributed by atoms with Crippen molar-refractivity contribution in [3.8, 4) is 0 Å². The average molecular weight is 258 g/mol. The van der Waals surface area contributed by atoms with Crippen LogP contribution in [-0.4, -0.2) is 12.0 Å². The van der Waals surface area contributed by atoms with Gasteiger partial charge in [-0.15, -0.1) is 11.3 Å². The molecule has 94 valence electrons. The molecule has 3 rings (SSSR count). The summed E-state index contributed by atoms with van der Waals surface area (Å²) < 4.78 is 0. The smallest absolute Gasteiger partial charge is 0.114 e. The molecule has 1 N–H and O–H groups in total. The van der Waals surface area contributed by atoms with Crippen molar-refractivity contribution in [3.63, 3.8) is 0 Å². The lowest BCUT2D eigenvalue weighted by molar-refractivity contribution is 0.684. The van der Waals surface area contributed by atoms with Gasteiger partial charge in [-0.25, -0.2) is 4.98 Å². The molecule has 1 aliphatic carbocycles. The first-order chi connectivity index (χ1) is 8.78. The minimum Gasteiger partial charge on any atom is -0.307 e. The van der Waals surface area contributed by atoms with E-state index in [0.717, 1.165) is 16.6 Å². The summed E-state index contributed by atoms with van der Waals surface area (Å²) in [7, 11) is 2.01. The van der Waals surface area contributed by atoms with Gasteiger partial charge in [-0.1, -0.05) is 24.3 Å². The summed E-state index contributed by atoms with van der Waals surface area (Å²) in [5, 5.41) is 6.65. The zero-order valence-electron chi connectivity index (χ0n) is 10.8. The molecule has 0 aliphatic heterocycles. The molecule has 0 bridgehead atoms. The molecule has 2 aromatic rings. The van der Waals surface area contributed by atoms with Crippen LogP contribution in [0.4, 0.5) is 0 Å². The van der Waals surface area contributed by atoms with Crippen molar-refractivity contribution in [1.29, 1.82) is 0 Å². The van der Waals surface area contributed by atoms with Gasteiger partial charge in [0.1, 0.15) is 5.01 Å². The fourth-order valence-corrected chi connectivity index (χ4v) is 3.28. The molecule has 1 fully saturated rings. The van der Waals surface area contributed by atoms with E-state index in [-0.39, 0.29) is 6.04 Å². The molecule has 1 unspecified atom stereocenters. The van der Waals surface area contributed by atoms with Crippen LogP contribution < -0.4 is 5.32 Å². The number of hydrogen-bond donors (Lipinski definition) is 1. The van der Waals surface area contributed by atoms with Gasteiger partial charge in [0.2, 0.25) is 0 Å². The second kappa shape index (κ2) is 4.82. The lowest BCUT2D eigenvalue weighted by Gasteiger charge is -2.15. The van der Waals surface area contributed by atoms with Crippen LogP contribution in [0.3, 0.4) is 0 Å². The second-order valence-corrected chi connectivity index (χ2v) is 5.88. The molecular formula is C15H18N2S. The molecule has 1 atom stereocenters. The van der Waals surface area contributed by atoms with Gasteiger partial charge in [-0.2, -0.15) is 0 Å². The Balaban J connectivity index is 1.93. The lowest BCUT2D eigenvalue weighted by Crippen LogP contribution is -2.17. The molecule has 0 amide bonds. The van der Waals surface area contributed by atoms with Gasteiger partial charge in [0.05, 0.1) is 6.04 Å². The number of thiazole rings is 1. The number of hydrogen-bond acceptors (Lipinski definition) is 3. The number of benzene rings is 1. The summed E-state index contributed by atoms with van der Waals surface area (Å²) in [6, 6.07) is 9.19. The largest absolute Gasteiger partial charge is 0.307 e. The van der Waals surface area contributed by atoms with Gasteiger partial charge < -0.3 is 5.32 Å². The van der Waals surface area contributed by atoms with Gasteiger partial charge in [0, 0.05) is 11.1 Å². The quantitative estimate of drug-likeness (QED) is 0.905. The number of rotatable bonds is 4. The molecule has 1 heterocycles. The summed E-state index contributed by atoms with van der Waals surface area (Å²) in [4.78, 5) is 4.60. The van der Waals surface area contributed by atoms with Crippen molar-refractivity contribution in [2.45, 2.75) is 31.7 Å². The molecule has 1 aromatic heterocycles. The highest BCUT2D eigenvalue weighted by molar-refractivity contribution is 7.09. The zero-order chi connectivity index (χ0) is 12.5. The molecule has 0 spiro atoms. The van der Waals surface area contributed by atoms with Crippen LogP contribution in [0.2, 0.25) is 0 Å². The third kappa shape index (κ3) is 2.33. The summed E-state index contributed by atoms with van der Waals surface area (Å²) in [6.07, 6.45) is 2.70. The van der Waals surface area contributed by atoms with Crippen LogP contribution in [0.5, 0.6) is 0 Å². The van der Waals surface area contributed by atoms with E-state index in [1.165, 1.54) is 24.0 Å². The first kappa shape index (κ1) is 11.9. The summed E-state index contributed by atoms with van der Waals surface area (Å²) in [5.41, 5.74) is 3.92. The van der Waals surface area contributed by atoms with E-state index in [1.54, 1.807) is 11.3 Å². The van der Waals surface area contributed by atoms with Crippen LogP contribution in [0.15, 0.2) is 29.6 Å². The van der Waals surface area contributed by atoms with Gasteiger partial charge in [-0.3, -0.25) is 0 Å². The van der Waals surface area contributed by atoms with Crippen molar-refractivity contribution in [1.82, 2.24) is 10.3 Å². The van der Waals surface area contributed by atoms with E-state index in [1.807, 2.05) is 14.0 Å². The second-order valence-electron chi connectivity index (χ2n) is 4.99. The Kier molecular flexibility index (Phi) is 3.18. The number of aromatic nitrogens is 1. The maximum atomic E-state index is 4.60. The first-order valence-corrected chi connectivity index (χ1v) is 7.35. The molecule has 1 aromatic carbocycles. The lowest BCUT2D eigenvalue weighted by atomic mass is 10.0. The van der Waals surface area contributed by atoms with Crippen LogP contribution in [0.25, 0.3) is 0 Å². The number of aryl methyl sites for hydroxylation is 1. The van der Waals surface area contributed by atoms with Crippen molar-refractivity contribution in [2.75, 3.05) is 7.05 Å². The van der Waals surface area contributed by atoms with Gasteiger partial charge >= 0.3 is 0 Å². The Morgan fingerprint density at radius 3 is 2.83 bits per heavy atom. The van der Waals surface area contributed by atoms with Crippen LogP contribution >= 0.6 is 11.3 Å². The van der Waals surface area contributed by atoms with Crippen LogP contribution in [0, 0.1) is 6.92 Å². The normalized spacial score (nSPS) is 16.8. The molecule has 3 heteroatoms. The van der Waals surface area contributed by atoms with Crippen molar-refractivity contribution >= 4 is 11.3 Å². The molecule has 0 radical (unpaired) electrons. The molecule has 1 saturated carbocycles. The fourth-order valence-electron chi connectivity index (χ4n) is 2.35. The minimum atomic E-state index is 0.224. The highest BCUT2D eigenvalue weighted by atomic mass is 32.1. The van der Waals surface area contributed by atoms with Crippen molar-refractivity contribution in [3.05, 3.63) is 51.5 Å². The predicted molar refractivity (Wildman–Crippen MR) is 76.2 cm³/mol. The fraction of sp³-hybridized carbons (Fsp3) is 0.400. The Labute approximate surface area is 112 Å². The predicted octanol–water partition coefficient (Wildman–Crippen LogP) is 3.64. The Morgan fingerprint density at radius 2 is 2.22 bits per heavy atom. The summed E-state index contributed by atoms with van der Waals surface area (Å²) in [6.45, 7) is 2.05. The Bertz CT molecular complexity index is 543. The third-order valence-corrected chi connectivity index (χ3v) is 4.49. The van der Waals surface area contributed by atoms with E-state index in [0.29, 0.717) is 0 Å². The Hall–Kier alpha value is -1.19. The zero-order valence-corrected chi connectivity index (χ0v) is 11.6. The number of nitrogens with one attached hydrogen (secondary N) is 1. The molecule has 18 heavy (non-hydrogen) atoms. The summed E-state index contributed by atoms with van der Waals surface area (Å²) in [5.74, 6) is 0.806. The topological polar surface area (TPSA) is 24.9 Å². The van der Waals surface area contributed by atoms with Gasteiger partial charge in [-0.05, 0) is 43.9 Å². The highest BCUT2D eigenvalue weighted by Gasteiger charge is 2.24. The third-order valence-electron chi connectivity index (χ3n) is 3.47. The maximum Gasteiger partial charge on any atom is 0.114 e.